The summed E-state index contributed by atoms with van der Waals surface area (Å²) in [5, 5.41) is 0. The molecule has 0 aliphatic carbocycles. The molecule has 0 rings (SSSR count). The van der Waals surface area contributed by atoms with Crippen LogP contribution in [0.25, 0.3) is 0 Å². The largest absolute Gasteiger partial charge is 0.383 e. The molecular formula is C12H27NO. The first kappa shape index (κ1) is 13.9. The van der Waals surface area contributed by atoms with E-state index in [9.17, 15) is 0 Å². The fourth-order valence-electron chi connectivity index (χ4n) is 1.40. The first-order chi connectivity index (χ1) is 6.45. The lowest BCUT2D eigenvalue weighted by atomic mass is 9.90. The molecular weight excluding hydrogens is 174 g/mol. The van der Waals surface area contributed by atoms with Gasteiger partial charge in [-0.1, -0.05) is 27.2 Å². The van der Waals surface area contributed by atoms with E-state index < -0.39 is 0 Å². The lowest BCUT2D eigenvalue weighted by Gasteiger charge is -2.19. The van der Waals surface area contributed by atoms with Gasteiger partial charge in [0.25, 0.3) is 0 Å². The maximum Gasteiger partial charge on any atom is 0.0589 e. The normalized spacial score (nSPS) is 12.4. The highest BCUT2D eigenvalue weighted by Gasteiger charge is 2.09. The van der Waals surface area contributed by atoms with E-state index in [0.29, 0.717) is 5.41 Å². The number of nitrogens with zero attached hydrogens (tertiary/aromatic N) is 1. The topological polar surface area (TPSA) is 12.5 Å². The summed E-state index contributed by atoms with van der Waals surface area (Å²) in [4.78, 5) is 2.34. The molecule has 0 amide bonds. The molecule has 2 heteroatoms. The highest BCUT2D eigenvalue weighted by atomic mass is 16.5. The summed E-state index contributed by atoms with van der Waals surface area (Å²) in [6, 6.07) is 0. The first-order valence-electron chi connectivity index (χ1n) is 5.63. The zero-order chi connectivity index (χ0) is 11.0. The fraction of sp³-hybridized carbons (Fsp3) is 1.00. The van der Waals surface area contributed by atoms with Gasteiger partial charge in [-0.3, -0.25) is 0 Å². The van der Waals surface area contributed by atoms with Crippen LogP contribution in [0.15, 0.2) is 0 Å². The molecule has 0 unspecified atom stereocenters. The number of methoxy groups -OCH3 is 1. The molecule has 86 valence electrons. The Labute approximate surface area is 89.6 Å². The highest BCUT2D eigenvalue weighted by Crippen LogP contribution is 2.21. The standard InChI is InChI=1S/C12H27NO/c1-12(2,3)8-6-7-9-13(4)10-11-14-5/h6-11H2,1-5H3. The van der Waals surface area contributed by atoms with Gasteiger partial charge in [0.15, 0.2) is 0 Å². The van der Waals surface area contributed by atoms with Crippen molar-refractivity contribution < 1.29 is 4.74 Å². The number of likely N-dealkylation sites (N-methyl/N-ethyl adjacent to an activating group) is 1. The van der Waals surface area contributed by atoms with E-state index in [4.69, 9.17) is 4.74 Å². The molecule has 0 N–H and O–H groups in total. The smallest absolute Gasteiger partial charge is 0.0589 e. The second-order valence-corrected chi connectivity index (χ2v) is 5.31. The maximum atomic E-state index is 5.03. The minimum atomic E-state index is 0.491. The zero-order valence-corrected chi connectivity index (χ0v) is 10.6. The van der Waals surface area contributed by atoms with Crippen molar-refractivity contribution in [2.45, 2.75) is 40.0 Å². The molecule has 2 nitrogen and oxygen atoms in total. The number of hydrogen-bond acceptors (Lipinski definition) is 2. The number of hydrogen-bond donors (Lipinski definition) is 0. The van der Waals surface area contributed by atoms with Gasteiger partial charge < -0.3 is 9.64 Å². The minimum Gasteiger partial charge on any atom is -0.383 e. The summed E-state index contributed by atoms with van der Waals surface area (Å²) in [6.45, 7) is 10.0. The Morgan fingerprint density at radius 3 is 2.21 bits per heavy atom. The van der Waals surface area contributed by atoms with Gasteiger partial charge in [-0.05, 0) is 31.8 Å². The lowest BCUT2D eigenvalue weighted by molar-refractivity contribution is 0.159. The van der Waals surface area contributed by atoms with Gasteiger partial charge in [-0.2, -0.15) is 0 Å². The van der Waals surface area contributed by atoms with E-state index in [1.807, 2.05) is 0 Å². The van der Waals surface area contributed by atoms with E-state index in [2.05, 4.69) is 32.7 Å². The molecule has 0 aromatic rings. The third kappa shape index (κ3) is 10.0. The predicted octanol–water partition coefficient (Wildman–Crippen LogP) is 2.78. The van der Waals surface area contributed by atoms with Crippen LogP contribution in [-0.2, 0) is 4.74 Å². The first-order valence-corrected chi connectivity index (χ1v) is 5.63. The summed E-state index contributed by atoms with van der Waals surface area (Å²) in [5.74, 6) is 0. The predicted molar refractivity (Wildman–Crippen MR) is 62.7 cm³/mol. The SMILES string of the molecule is COCCN(C)CCCCC(C)(C)C. The average Bonchev–Trinajstić information content (AvgIpc) is 2.07. The summed E-state index contributed by atoms with van der Waals surface area (Å²) in [7, 11) is 3.92. The van der Waals surface area contributed by atoms with Crippen molar-refractivity contribution in [1.82, 2.24) is 4.90 Å². The van der Waals surface area contributed by atoms with E-state index in [1.54, 1.807) is 7.11 Å². The van der Waals surface area contributed by atoms with Crippen molar-refractivity contribution in [1.29, 1.82) is 0 Å². The Hall–Kier alpha value is -0.0800. The Balaban J connectivity index is 3.27. The van der Waals surface area contributed by atoms with Gasteiger partial charge >= 0.3 is 0 Å². The Morgan fingerprint density at radius 1 is 1.07 bits per heavy atom. The molecule has 0 bridgehead atoms. The van der Waals surface area contributed by atoms with Crippen LogP contribution < -0.4 is 0 Å². The van der Waals surface area contributed by atoms with Crippen molar-refractivity contribution >= 4 is 0 Å². The third-order valence-corrected chi connectivity index (χ3v) is 2.39. The second kappa shape index (κ2) is 7.24. The average molecular weight is 201 g/mol. The maximum absolute atomic E-state index is 5.03. The van der Waals surface area contributed by atoms with Crippen molar-refractivity contribution in [3.63, 3.8) is 0 Å². The second-order valence-electron chi connectivity index (χ2n) is 5.31. The number of unbranched alkanes of at least 4 members (excludes halogenated alkanes) is 1. The molecule has 0 aromatic carbocycles. The minimum absolute atomic E-state index is 0.491. The molecule has 0 radical (unpaired) electrons. The van der Waals surface area contributed by atoms with Crippen LogP contribution in [-0.4, -0.2) is 38.8 Å². The Bertz CT molecular complexity index is 129. The van der Waals surface area contributed by atoms with Crippen LogP contribution in [0.5, 0.6) is 0 Å². The van der Waals surface area contributed by atoms with E-state index in [0.717, 1.165) is 13.2 Å². The molecule has 0 aromatic heterocycles. The quantitative estimate of drug-likeness (QED) is 0.587. The monoisotopic (exact) mass is 201 g/mol. The van der Waals surface area contributed by atoms with Crippen molar-refractivity contribution in [3.05, 3.63) is 0 Å². The van der Waals surface area contributed by atoms with Gasteiger partial charge in [0.1, 0.15) is 0 Å². The van der Waals surface area contributed by atoms with Crippen molar-refractivity contribution in [2.24, 2.45) is 5.41 Å². The van der Waals surface area contributed by atoms with Crippen LogP contribution in [0.1, 0.15) is 40.0 Å². The molecule has 14 heavy (non-hydrogen) atoms. The summed E-state index contributed by atoms with van der Waals surface area (Å²) in [5.41, 5.74) is 0.491. The number of rotatable bonds is 7. The van der Waals surface area contributed by atoms with Gasteiger partial charge in [-0.15, -0.1) is 0 Å². The molecule has 0 aliphatic rings. The third-order valence-electron chi connectivity index (χ3n) is 2.39. The van der Waals surface area contributed by atoms with E-state index >= 15 is 0 Å². The molecule has 0 spiro atoms. The van der Waals surface area contributed by atoms with Gasteiger partial charge in [0.05, 0.1) is 6.61 Å². The van der Waals surface area contributed by atoms with Crippen LogP contribution in [0.4, 0.5) is 0 Å². The molecule has 0 fully saturated rings. The van der Waals surface area contributed by atoms with Crippen molar-refractivity contribution in [3.8, 4) is 0 Å². The zero-order valence-electron chi connectivity index (χ0n) is 10.6. The van der Waals surface area contributed by atoms with E-state index in [-0.39, 0.29) is 0 Å². The molecule has 0 aliphatic heterocycles. The highest BCUT2D eigenvalue weighted by molar-refractivity contribution is 4.62. The summed E-state index contributed by atoms with van der Waals surface area (Å²) in [6.07, 6.45) is 3.96. The molecule has 0 saturated heterocycles. The Kier molecular flexibility index (Phi) is 7.20. The van der Waals surface area contributed by atoms with E-state index in [1.165, 1.54) is 25.8 Å². The fourth-order valence-corrected chi connectivity index (χ4v) is 1.40. The number of ether oxygens (including phenoxy) is 1. The summed E-state index contributed by atoms with van der Waals surface area (Å²) >= 11 is 0. The van der Waals surface area contributed by atoms with Crippen molar-refractivity contribution in [2.75, 3.05) is 33.9 Å². The van der Waals surface area contributed by atoms with Gasteiger partial charge in [0, 0.05) is 13.7 Å². The lowest BCUT2D eigenvalue weighted by Crippen LogP contribution is -2.24. The van der Waals surface area contributed by atoms with Crippen LogP contribution >= 0.6 is 0 Å². The van der Waals surface area contributed by atoms with Crippen LogP contribution in [0.3, 0.4) is 0 Å². The Morgan fingerprint density at radius 2 is 1.71 bits per heavy atom. The molecule has 0 heterocycles. The van der Waals surface area contributed by atoms with Crippen LogP contribution in [0, 0.1) is 5.41 Å². The van der Waals surface area contributed by atoms with Gasteiger partial charge in [-0.25, -0.2) is 0 Å². The summed E-state index contributed by atoms with van der Waals surface area (Å²) < 4.78 is 5.03. The molecule has 0 saturated carbocycles. The van der Waals surface area contributed by atoms with Gasteiger partial charge in [0.2, 0.25) is 0 Å². The van der Waals surface area contributed by atoms with Crippen LogP contribution in [0.2, 0.25) is 0 Å². The molecule has 0 atom stereocenters.